The van der Waals surface area contributed by atoms with Crippen molar-refractivity contribution >= 4 is 17.9 Å². The monoisotopic (exact) mass is 404 g/mol. The first-order chi connectivity index (χ1) is 14.6. The summed E-state index contributed by atoms with van der Waals surface area (Å²) in [6.45, 7) is 3.64. The zero-order valence-electron chi connectivity index (χ0n) is 17.4. The second-order valence-corrected chi connectivity index (χ2v) is 8.06. The van der Waals surface area contributed by atoms with E-state index in [9.17, 15) is 9.59 Å². The molecule has 2 aliphatic rings. The average Bonchev–Trinajstić information content (AvgIpc) is 2.78. The Labute approximate surface area is 177 Å². The van der Waals surface area contributed by atoms with Crippen LogP contribution in [0.3, 0.4) is 0 Å². The number of fused-ring (bicyclic) bond motifs is 1. The summed E-state index contributed by atoms with van der Waals surface area (Å²) in [5, 5.41) is 0. The number of carbonyl (C=O) groups excluding carboxylic acids is 2. The van der Waals surface area contributed by atoms with Crippen molar-refractivity contribution in [1.82, 2.24) is 9.80 Å². The summed E-state index contributed by atoms with van der Waals surface area (Å²) in [6.07, 6.45) is 6.08. The lowest BCUT2D eigenvalue weighted by Gasteiger charge is -2.36. The van der Waals surface area contributed by atoms with Crippen molar-refractivity contribution in [3.05, 3.63) is 71.9 Å². The maximum Gasteiger partial charge on any atom is 0.225 e. The number of rotatable bonds is 5. The van der Waals surface area contributed by atoms with Crippen molar-refractivity contribution < 1.29 is 14.3 Å². The van der Waals surface area contributed by atoms with E-state index in [1.807, 2.05) is 65.6 Å². The summed E-state index contributed by atoms with van der Waals surface area (Å²) in [5.74, 6) is 1.24. The molecule has 2 heterocycles. The number of piperidine rings is 1. The van der Waals surface area contributed by atoms with Crippen molar-refractivity contribution in [2.75, 3.05) is 19.7 Å². The number of para-hydroxylation sites is 1. The lowest BCUT2D eigenvalue weighted by molar-refractivity contribution is -0.136. The van der Waals surface area contributed by atoms with E-state index in [1.54, 1.807) is 18.0 Å². The van der Waals surface area contributed by atoms with Gasteiger partial charge in [0, 0.05) is 32.1 Å². The molecule has 2 atom stereocenters. The largest absolute Gasteiger partial charge is 0.493 e. The van der Waals surface area contributed by atoms with Gasteiger partial charge in [-0.2, -0.15) is 0 Å². The number of hydrogen-bond donors (Lipinski definition) is 0. The number of benzene rings is 2. The van der Waals surface area contributed by atoms with Crippen LogP contribution in [0.15, 0.2) is 60.8 Å². The van der Waals surface area contributed by atoms with Crippen LogP contribution in [0.4, 0.5) is 0 Å². The van der Waals surface area contributed by atoms with Gasteiger partial charge in [0.2, 0.25) is 11.8 Å². The summed E-state index contributed by atoms with van der Waals surface area (Å²) in [6, 6.07) is 17.5. The summed E-state index contributed by atoms with van der Waals surface area (Å²) in [4.78, 5) is 29.0. The number of carbonyl (C=O) groups is 2. The van der Waals surface area contributed by atoms with E-state index < -0.39 is 0 Å². The molecule has 0 aliphatic carbocycles. The molecule has 2 aromatic carbocycles. The topological polar surface area (TPSA) is 49.9 Å². The van der Waals surface area contributed by atoms with Crippen LogP contribution in [0, 0.1) is 5.92 Å². The quantitative estimate of drug-likeness (QED) is 0.748. The third-order valence-corrected chi connectivity index (χ3v) is 5.94. The molecule has 5 heteroatoms. The Kier molecular flexibility index (Phi) is 6.17. The number of amides is 2. The molecule has 5 nitrogen and oxygen atoms in total. The second-order valence-electron chi connectivity index (χ2n) is 8.06. The number of likely N-dealkylation sites (tertiary alicyclic amines) is 1. The van der Waals surface area contributed by atoms with E-state index in [0.717, 1.165) is 36.3 Å². The van der Waals surface area contributed by atoms with Gasteiger partial charge < -0.3 is 14.5 Å². The molecule has 2 aromatic rings. The molecule has 156 valence electrons. The third kappa shape index (κ3) is 4.56. The normalized spacial score (nSPS) is 20.6. The van der Waals surface area contributed by atoms with Gasteiger partial charge in [-0.3, -0.25) is 9.59 Å². The van der Waals surface area contributed by atoms with Crippen molar-refractivity contribution in [1.29, 1.82) is 0 Å². The number of hydrogen-bond acceptors (Lipinski definition) is 3. The van der Waals surface area contributed by atoms with E-state index in [4.69, 9.17) is 4.74 Å². The smallest absolute Gasteiger partial charge is 0.225 e. The summed E-state index contributed by atoms with van der Waals surface area (Å²) in [7, 11) is 0. The molecular weight excluding hydrogens is 376 g/mol. The Morgan fingerprint density at radius 3 is 2.63 bits per heavy atom. The van der Waals surface area contributed by atoms with Crippen LogP contribution < -0.4 is 4.74 Å². The Balaban J connectivity index is 1.41. The first kappa shape index (κ1) is 20.2. The van der Waals surface area contributed by atoms with E-state index in [-0.39, 0.29) is 17.9 Å². The SMILES string of the molecule is CC(=O)N1C=Cc2ccccc2C1CC(=O)N1CCCC(COc2ccccc2)C1. The Morgan fingerprint density at radius 2 is 1.83 bits per heavy atom. The molecule has 30 heavy (non-hydrogen) atoms. The molecule has 0 N–H and O–H groups in total. The molecule has 0 bridgehead atoms. The van der Waals surface area contributed by atoms with E-state index in [0.29, 0.717) is 25.5 Å². The number of nitrogens with zero attached hydrogens (tertiary/aromatic N) is 2. The van der Waals surface area contributed by atoms with Gasteiger partial charge in [-0.05, 0) is 42.2 Å². The maximum atomic E-state index is 13.2. The minimum absolute atomic E-state index is 0.0497. The Bertz CT molecular complexity index is 925. The molecule has 2 aliphatic heterocycles. The van der Waals surface area contributed by atoms with E-state index in [2.05, 4.69) is 0 Å². The summed E-state index contributed by atoms with van der Waals surface area (Å²) >= 11 is 0. The molecule has 1 fully saturated rings. The fourth-order valence-electron chi connectivity index (χ4n) is 4.37. The van der Waals surface area contributed by atoms with E-state index in [1.165, 1.54) is 0 Å². The first-order valence-electron chi connectivity index (χ1n) is 10.6. The maximum absolute atomic E-state index is 13.2. The molecular formula is C25H28N2O3. The summed E-state index contributed by atoms with van der Waals surface area (Å²) in [5.41, 5.74) is 2.10. The van der Waals surface area contributed by atoms with Gasteiger partial charge in [-0.1, -0.05) is 42.5 Å². The van der Waals surface area contributed by atoms with Crippen LogP contribution in [-0.2, 0) is 9.59 Å². The van der Waals surface area contributed by atoms with Crippen LogP contribution >= 0.6 is 0 Å². The minimum atomic E-state index is -0.253. The van der Waals surface area contributed by atoms with Gasteiger partial charge in [0.25, 0.3) is 0 Å². The fraction of sp³-hybridized carbons (Fsp3) is 0.360. The lowest BCUT2D eigenvalue weighted by atomic mass is 9.92. The van der Waals surface area contributed by atoms with E-state index >= 15 is 0 Å². The van der Waals surface area contributed by atoms with Crippen molar-refractivity contribution in [3.8, 4) is 5.75 Å². The molecule has 1 saturated heterocycles. The van der Waals surface area contributed by atoms with Crippen molar-refractivity contribution in [2.24, 2.45) is 5.92 Å². The zero-order valence-corrected chi connectivity index (χ0v) is 17.4. The molecule has 0 saturated carbocycles. The minimum Gasteiger partial charge on any atom is -0.493 e. The Hall–Kier alpha value is -3.08. The lowest BCUT2D eigenvalue weighted by Crippen LogP contribution is -2.43. The second kappa shape index (κ2) is 9.16. The standard InChI is InChI=1S/C25H28N2O3/c1-19(28)27-15-13-21-9-5-6-12-23(21)24(27)16-25(29)26-14-7-8-20(17-26)18-30-22-10-3-2-4-11-22/h2-6,9-13,15,20,24H,7-8,14,16-18H2,1H3. The predicted octanol–water partition coefficient (Wildman–Crippen LogP) is 4.27. The zero-order chi connectivity index (χ0) is 20.9. The first-order valence-corrected chi connectivity index (χ1v) is 10.6. The van der Waals surface area contributed by atoms with Crippen LogP contribution in [0.25, 0.3) is 6.08 Å². The Morgan fingerprint density at radius 1 is 1.07 bits per heavy atom. The van der Waals surface area contributed by atoms with Crippen LogP contribution in [0.2, 0.25) is 0 Å². The van der Waals surface area contributed by atoms with Gasteiger partial charge in [-0.25, -0.2) is 0 Å². The molecule has 0 spiro atoms. The van der Waals surface area contributed by atoms with Gasteiger partial charge in [0.15, 0.2) is 0 Å². The highest BCUT2D eigenvalue weighted by Gasteiger charge is 2.31. The highest BCUT2D eigenvalue weighted by atomic mass is 16.5. The highest BCUT2D eigenvalue weighted by Crippen LogP contribution is 2.33. The van der Waals surface area contributed by atoms with Crippen molar-refractivity contribution in [3.63, 3.8) is 0 Å². The predicted molar refractivity (Wildman–Crippen MR) is 117 cm³/mol. The van der Waals surface area contributed by atoms with Crippen LogP contribution in [0.5, 0.6) is 5.75 Å². The van der Waals surface area contributed by atoms with Gasteiger partial charge in [-0.15, -0.1) is 0 Å². The van der Waals surface area contributed by atoms with Gasteiger partial charge in [0.05, 0.1) is 19.1 Å². The highest BCUT2D eigenvalue weighted by molar-refractivity contribution is 5.82. The van der Waals surface area contributed by atoms with Crippen LogP contribution in [0.1, 0.15) is 43.4 Å². The van der Waals surface area contributed by atoms with Crippen molar-refractivity contribution in [2.45, 2.75) is 32.2 Å². The molecule has 4 rings (SSSR count). The van der Waals surface area contributed by atoms with Gasteiger partial charge in [0.1, 0.15) is 5.75 Å². The van der Waals surface area contributed by atoms with Gasteiger partial charge >= 0.3 is 0 Å². The molecule has 0 radical (unpaired) electrons. The van der Waals surface area contributed by atoms with Crippen LogP contribution in [-0.4, -0.2) is 41.3 Å². The fourth-order valence-corrected chi connectivity index (χ4v) is 4.37. The summed E-state index contributed by atoms with van der Waals surface area (Å²) < 4.78 is 5.92. The molecule has 2 amide bonds. The third-order valence-electron chi connectivity index (χ3n) is 5.94. The molecule has 2 unspecified atom stereocenters. The average molecular weight is 405 g/mol. The molecule has 0 aromatic heterocycles. The number of ether oxygens (including phenoxy) is 1.